The van der Waals surface area contributed by atoms with Gasteiger partial charge in [0.05, 0.1) is 5.92 Å². The average molecular weight is 365 g/mol. The summed E-state index contributed by atoms with van der Waals surface area (Å²) in [6, 6.07) is 4.52. The predicted octanol–water partition coefficient (Wildman–Crippen LogP) is 4.00. The Morgan fingerprint density at radius 1 is 1.31 bits per heavy atom. The molecule has 144 valence electrons. The third-order valence-corrected chi connectivity index (χ3v) is 5.41. The van der Waals surface area contributed by atoms with Gasteiger partial charge in [0, 0.05) is 12.6 Å². The van der Waals surface area contributed by atoms with Gasteiger partial charge in [-0.1, -0.05) is 32.3 Å². The second-order valence-corrected chi connectivity index (χ2v) is 7.31. The highest BCUT2D eigenvalue weighted by Crippen LogP contribution is 2.26. The summed E-state index contributed by atoms with van der Waals surface area (Å²) in [4.78, 5) is 14.4. The Labute approximate surface area is 156 Å². The smallest absolute Gasteiger partial charge is 0.325 e. The monoisotopic (exact) mass is 365 g/mol. The molecular weight excluding hydrogens is 335 g/mol. The minimum Gasteiger partial charge on any atom is -0.543 e. The minimum atomic E-state index is -0.805. The van der Waals surface area contributed by atoms with E-state index in [4.69, 9.17) is 4.65 Å². The molecule has 26 heavy (non-hydrogen) atoms. The summed E-state index contributed by atoms with van der Waals surface area (Å²) >= 11 is 0. The number of hydrogen-bond acceptors (Lipinski definition) is 3. The second-order valence-electron chi connectivity index (χ2n) is 7.31. The quantitative estimate of drug-likeness (QED) is 0.620. The SMILES string of the molecule is BOC(=O)C(CCCC)CCC1CCCCN1Cc1ccc(F)c(F)c1. The Balaban J connectivity index is 1.96. The maximum atomic E-state index is 13.5. The first-order chi connectivity index (χ1) is 12.5. The summed E-state index contributed by atoms with van der Waals surface area (Å²) in [5.41, 5.74) is 0.798. The molecule has 1 saturated heterocycles. The number of unbranched alkanes of at least 4 members (excludes halogenated alkanes) is 1. The van der Waals surface area contributed by atoms with Gasteiger partial charge in [0.1, 0.15) is 0 Å². The van der Waals surface area contributed by atoms with Crippen LogP contribution in [0.15, 0.2) is 18.2 Å². The molecule has 0 spiro atoms. The number of hydrogen-bond donors (Lipinski definition) is 0. The molecule has 0 aliphatic carbocycles. The van der Waals surface area contributed by atoms with E-state index in [9.17, 15) is 13.6 Å². The first-order valence-corrected chi connectivity index (χ1v) is 9.81. The molecular formula is C20H30BF2NO2. The standard InChI is InChI=1S/C20H30BF2NO2/c1-2-3-6-16(20(25)26-21)9-10-17-7-4-5-12-24(17)14-15-8-11-18(22)19(23)13-15/h8,11,13,16-17H,2-7,9-10,12,14,21H2,1H3. The van der Waals surface area contributed by atoms with Crippen molar-refractivity contribution >= 4 is 14.0 Å². The fourth-order valence-corrected chi connectivity index (χ4v) is 3.86. The molecule has 0 aromatic heterocycles. The Kier molecular flexibility index (Phi) is 8.56. The molecule has 1 aliphatic rings. The highest BCUT2D eigenvalue weighted by molar-refractivity contribution is 6.05. The molecule has 2 atom stereocenters. The molecule has 2 rings (SSSR count). The van der Waals surface area contributed by atoms with Crippen LogP contribution in [0.25, 0.3) is 0 Å². The van der Waals surface area contributed by atoms with Gasteiger partial charge in [-0.2, -0.15) is 0 Å². The molecule has 2 unspecified atom stereocenters. The minimum absolute atomic E-state index is 0.0352. The first kappa shape index (κ1) is 20.9. The predicted molar refractivity (Wildman–Crippen MR) is 101 cm³/mol. The molecule has 1 aromatic rings. The van der Waals surface area contributed by atoms with Crippen LogP contribution in [-0.4, -0.2) is 31.5 Å². The van der Waals surface area contributed by atoms with Crippen molar-refractivity contribution in [3.63, 3.8) is 0 Å². The third-order valence-electron chi connectivity index (χ3n) is 5.41. The van der Waals surface area contributed by atoms with Crippen molar-refractivity contribution in [3.8, 4) is 0 Å². The molecule has 0 saturated carbocycles. The Hall–Kier alpha value is -1.43. The molecule has 0 N–H and O–H groups in total. The van der Waals surface area contributed by atoms with Crippen LogP contribution in [0.3, 0.4) is 0 Å². The van der Waals surface area contributed by atoms with Crippen molar-refractivity contribution < 1.29 is 18.2 Å². The molecule has 0 bridgehead atoms. The first-order valence-electron chi connectivity index (χ1n) is 9.81. The van der Waals surface area contributed by atoms with E-state index in [-0.39, 0.29) is 11.9 Å². The van der Waals surface area contributed by atoms with E-state index in [2.05, 4.69) is 11.8 Å². The summed E-state index contributed by atoms with van der Waals surface area (Å²) in [6.45, 7) is 3.71. The van der Waals surface area contributed by atoms with E-state index in [1.54, 1.807) is 6.07 Å². The maximum absolute atomic E-state index is 13.5. The number of rotatable bonds is 9. The lowest BCUT2D eigenvalue weighted by Gasteiger charge is -2.36. The lowest BCUT2D eigenvalue weighted by molar-refractivity contribution is -0.139. The van der Waals surface area contributed by atoms with Crippen LogP contribution in [0, 0.1) is 17.6 Å². The van der Waals surface area contributed by atoms with E-state index >= 15 is 0 Å². The van der Waals surface area contributed by atoms with Crippen LogP contribution >= 0.6 is 0 Å². The normalized spacial score (nSPS) is 19.3. The van der Waals surface area contributed by atoms with Crippen LogP contribution in [0.1, 0.15) is 63.9 Å². The summed E-state index contributed by atoms with van der Waals surface area (Å²) in [5, 5.41) is 0. The van der Waals surface area contributed by atoms with E-state index < -0.39 is 11.6 Å². The summed E-state index contributed by atoms with van der Waals surface area (Å²) in [7, 11) is 1.46. The number of halogens is 2. The number of nitrogens with zero attached hydrogens (tertiary/aromatic N) is 1. The van der Waals surface area contributed by atoms with E-state index in [1.165, 1.54) is 26.6 Å². The van der Waals surface area contributed by atoms with Gasteiger partial charge in [-0.05, 0) is 56.3 Å². The van der Waals surface area contributed by atoms with Crippen LogP contribution in [0.5, 0.6) is 0 Å². The molecule has 0 amide bonds. The highest BCUT2D eigenvalue weighted by Gasteiger charge is 2.26. The molecule has 0 radical (unpaired) electrons. The third kappa shape index (κ3) is 6.08. The van der Waals surface area contributed by atoms with E-state index in [0.717, 1.165) is 57.1 Å². The maximum Gasteiger partial charge on any atom is 0.325 e. The lowest BCUT2D eigenvalue weighted by atomic mass is 9.90. The van der Waals surface area contributed by atoms with Gasteiger partial charge in [0.15, 0.2) is 11.6 Å². The van der Waals surface area contributed by atoms with Crippen LogP contribution < -0.4 is 0 Å². The van der Waals surface area contributed by atoms with Crippen molar-refractivity contribution in [1.29, 1.82) is 0 Å². The topological polar surface area (TPSA) is 29.5 Å². The zero-order valence-electron chi connectivity index (χ0n) is 16.0. The fourth-order valence-electron chi connectivity index (χ4n) is 3.86. The molecule has 6 heteroatoms. The van der Waals surface area contributed by atoms with Crippen molar-refractivity contribution in [2.24, 2.45) is 5.92 Å². The average Bonchev–Trinajstić information content (AvgIpc) is 2.65. The molecule has 1 heterocycles. The molecule has 3 nitrogen and oxygen atoms in total. The summed E-state index contributed by atoms with van der Waals surface area (Å²) in [5.74, 6) is -1.74. The number of carbonyl (C=O) groups excluding carboxylic acids is 1. The van der Waals surface area contributed by atoms with Gasteiger partial charge in [-0.25, -0.2) is 8.78 Å². The van der Waals surface area contributed by atoms with Gasteiger partial charge in [-0.15, -0.1) is 0 Å². The van der Waals surface area contributed by atoms with Crippen molar-refractivity contribution in [2.45, 2.75) is 70.9 Å². The lowest BCUT2D eigenvalue weighted by Crippen LogP contribution is -2.39. The Morgan fingerprint density at radius 3 is 2.81 bits per heavy atom. The number of benzene rings is 1. The van der Waals surface area contributed by atoms with Gasteiger partial charge < -0.3 is 4.65 Å². The van der Waals surface area contributed by atoms with Gasteiger partial charge >= 0.3 is 8.05 Å². The van der Waals surface area contributed by atoms with Gasteiger partial charge in [-0.3, -0.25) is 9.69 Å². The van der Waals surface area contributed by atoms with Crippen LogP contribution in [0.4, 0.5) is 8.78 Å². The van der Waals surface area contributed by atoms with E-state index in [0.29, 0.717) is 12.6 Å². The van der Waals surface area contributed by atoms with Crippen LogP contribution in [-0.2, 0) is 16.0 Å². The van der Waals surface area contributed by atoms with Crippen molar-refractivity contribution in [1.82, 2.24) is 4.90 Å². The fraction of sp³-hybridized carbons (Fsp3) is 0.650. The zero-order chi connectivity index (χ0) is 18.9. The molecule has 1 aromatic carbocycles. The number of piperidine rings is 1. The zero-order valence-corrected chi connectivity index (χ0v) is 16.0. The second kappa shape index (κ2) is 10.7. The van der Waals surface area contributed by atoms with E-state index in [1.807, 2.05) is 0 Å². The Morgan fingerprint density at radius 2 is 2.12 bits per heavy atom. The largest absolute Gasteiger partial charge is 0.543 e. The molecule has 1 fully saturated rings. The van der Waals surface area contributed by atoms with Crippen LogP contribution in [0.2, 0.25) is 0 Å². The number of carbonyl (C=O) groups is 1. The van der Waals surface area contributed by atoms with Gasteiger partial charge in [0.2, 0.25) is 0 Å². The van der Waals surface area contributed by atoms with Gasteiger partial charge in [0.25, 0.3) is 5.97 Å². The number of likely N-dealkylation sites (tertiary alicyclic amines) is 1. The highest BCUT2D eigenvalue weighted by atomic mass is 19.2. The van der Waals surface area contributed by atoms with Crippen molar-refractivity contribution in [3.05, 3.63) is 35.4 Å². The molecule has 1 aliphatic heterocycles. The summed E-state index contributed by atoms with van der Waals surface area (Å²) < 4.78 is 31.6. The van der Waals surface area contributed by atoms with Crippen molar-refractivity contribution in [2.75, 3.05) is 6.54 Å². The summed E-state index contributed by atoms with van der Waals surface area (Å²) in [6.07, 6.45) is 8.12. The Bertz CT molecular complexity index is 585.